The SMILES string of the molecule is COc1ccccc1CC(=O)N=C1S[C@H]2CS(=O)(=O)C[C@@H]2N1c1cccc(Cl)c1. The Morgan fingerprint density at radius 3 is 2.79 bits per heavy atom. The van der Waals surface area contributed by atoms with Crippen LogP contribution in [0.1, 0.15) is 5.56 Å². The number of carbonyl (C=O) groups excluding carboxylic acids is 1. The first kappa shape index (κ1) is 20.3. The second kappa shape index (κ2) is 8.01. The molecule has 2 aromatic rings. The number of hydrogen-bond donors (Lipinski definition) is 0. The van der Waals surface area contributed by atoms with Crippen LogP contribution in [0.4, 0.5) is 5.69 Å². The number of para-hydroxylation sites is 1. The van der Waals surface area contributed by atoms with E-state index in [9.17, 15) is 13.2 Å². The standard InChI is InChI=1S/C20H19ClN2O4S2/c1-27-17-8-3-2-5-13(17)9-19(24)22-20-23(15-7-4-6-14(21)10-15)16-11-29(25,26)12-18(16)28-20/h2-8,10,16,18H,9,11-12H2,1H3/t16-,18-/m0/s1. The number of amides is 1. The third kappa shape index (κ3) is 4.29. The molecular weight excluding hydrogens is 432 g/mol. The molecule has 2 atom stereocenters. The summed E-state index contributed by atoms with van der Waals surface area (Å²) in [7, 11) is -1.56. The van der Waals surface area contributed by atoms with Crippen LogP contribution in [0.3, 0.4) is 0 Å². The monoisotopic (exact) mass is 450 g/mol. The van der Waals surface area contributed by atoms with Crippen LogP contribution in [-0.4, -0.2) is 49.4 Å². The van der Waals surface area contributed by atoms with Crippen molar-refractivity contribution < 1.29 is 17.9 Å². The smallest absolute Gasteiger partial charge is 0.252 e. The van der Waals surface area contributed by atoms with E-state index in [0.717, 1.165) is 11.3 Å². The molecule has 0 radical (unpaired) electrons. The van der Waals surface area contributed by atoms with Crippen molar-refractivity contribution in [1.29, 1.82) is 0 Å². The number of amidine groups is 1. The molecule has 2 saturated heterocycles. The minimum atomic E-state index is -3.12. The summed E-state index contributed by atoms with van der Waals surface area (Å²) in [5.41, 5.74) is 1.49. The molecule has 2 aromatic carbocycles. The van der Waals surface area contributed by atoms with Gasteiger partial charge in [-0.15, -0.1) is 0 Å². The Labute approximate surface area is 178 Å². The molecule has 9 heteroatoms. The van der Waals surface area contributed by atoms with E-state index >= 15 is 0 Å². The zero-order valence-electron chi connectivity index (χ0n) is 15.6. The van der Waals surface area contributed by atoms with E-state index in [1.807, 2.05) is 29.2 Å². The molecule has 1 amide bonds. The molecular formula is C20H19ClN2O4S2. The maximum Gasteiger partial charge on any atom is 0.252 e. The third-order valence-corrected chi connectivity index (χ3v) is 8.35. The highest BCUT2D eigenvalue weighted by atomic mass is 35.5. The lowest BCUT2D eigenvalue weighted by molar-refractivity contribution is -0.117. The lowest BCUT2D eigenvalue weighted by Crippen LogP contribution is -2.37. The number of methoxy groups -OCH3 is 1. The fourth-order valence-electron chi connectivity index (χ4n) is 3.65. The summed E-state index contributed by atoms with van der Waals surface area (Å²) < 4.78 is 29.6. The lowest BCUT2D eigenvalue weighted by Gasteiger charge is -2.24. The van der Waals surface area contributed by atoms with E-state index in [1.165, 1.54) is 11.8 Å². The second-order valence-electron chi connectivity index (χ2n) is 6.93. The van der Waals surface area contributed by atoms with E-state index in [1.54, 1.807) is 31.4 Å². The molecule has 152 valence electrons. The summed E-state index contributed by atoms with van der Waals surface area (Å²) in [4.78, 5) is 18.9. The van der Waals surface area contributed by atoms with E-state index in [0.29, 0.717) is 15.9 Å². The molecule has 0 unspecified atom stereocenters. The molecule has 2 heterocycles. The van der Waals surface area contributed by atoms with Crippen molar-refractivity contribution in [2.45, 2.75) is 17.7 Å². The normalized spacial score (nSPS) is 23.9. The Kier molecular flexibility index (Phi) is 5.59. The number of sulfone groups is 1. The van der Waals surface area contributed by atoms with Gasteiger partial charge in [-0.25, -0.2) is 8.42 Å². The Balaban J connectivity index is 1.65. The van der Waals surface area contributed by atoms with E-state index in [2.05, 4.69) is 4.99 Å². The first-order valence-electron chi connectivity index (χ1n) is 9.01. The molecule has 0 aromatic heterocycles. The van der Waals surface area contributed by atoms with Crippen molar-refractivity contribution in [2.24, 2.45) is 4.99 Å². The van der Waals surface area contributed by atoms with Crippen molar-refractivity contribution in [2.75, 3.05) is 23.5 Å². The zero-order chi connectivity index (χ0) is 20.6. The summed E-state index contributed by atoms with van der Waals surface area (Å²) >= 11 is 7.49. The van der Waals surface area contributed by atoms with Crippen LogP contribution in [0.5, 0.6) is 5.75 Å². The van der Waals surface area contributed by atoms with Gasteiger partial charge in [0, 0.05) is 21.5 Å². The van der Waals surface area contributed by atoms with Gasteiger partial charge >= 0.3 is 0 Å². The number of anilines is 1. The average Bonchev–Trinajstić information content (AvgIpc) is 3.12. The summed E-state index contributed by atoms with van der Waals surface area (Å²) in [6.07, 6.45) is 0.102. The quantitative estimate of drug-likeness (QED) is 0.712. The van der Waals surface area contributed by atoms with Gasteiger partial charge in [0.15, 0.2) is 15.0 Å². The number of halogens is 1. The van der Waals surface area contributed by atoms with Gasteiger partial charge in [0.1, 0.15) is 5.75 Å². The van der Waals surface area contributed by atoms with Gasteiger partial charge in [0.05, 0.1) is 31.1 Å². The molecule has 0 N–H and O–H groups in total. The van der Waals surface area contributed by atoms with Gasteiger partial charge in [0.25, 0.3) is 5.91 Å². The maximum atomic E-state index is 12.7. The number of benzene rings is 2. The lowest BCUT2D eigenvalue weighted by atomic mass is 10.1. The van der Waals surface area contributed by atoms with Gasteiger partial charge in [-0.2, -0.15) is 4.99 Å². The van der Waals surface area contributed by atoms with Crippen LogP contribution < -0.4 is 9.64 Å². The number of aliphatic imine (C=N–C) groups is 1. The van der Waals surface area contributed by atoms with Gasteiger partial charge in [-0.1, -0.05) is 47.6 Å². The van der Waals surface area contributed by atoms with Crippen molar-refractivity contribution >= 4 is 50.0 Å². The zero-order valence-corrected chi connectivity index (χ0v) is 18.0. The fraction of sp³-hybridized carbons (Fsp3) is 0.300. The molecule has 4 rings (SSSR count). The predicted octanol–water partition coefficient (Wildman–Crippen LogP) is 3.19. The molecule has 0 aliphatic carbocycles. The average molecular weight is 451 g/mol. The maximum absolute atomic E-state index is 12.7. The topological polar surface area (TPSA) is 76.0 Å². The summed E-state index contributed by atoms with van der Waals surface area (Å²) in [6.45, 7) is 0. The molecule has 2 aliphatic heterocycles. The number of rotatable bonds is 4. The summed E-state index contributed by atoms with van der Waals surface area (Å²) in [6, 6.07) is 14.2. The van der Waals surface area contributed by atoms with E-state index < -0.39 is 9.84 Å². The Bertz CT molecular complexity index is 1090. The van der Waals surface area contributed by atoms with Crippen LogP contribution in [0, 0.1) is 0 Å². The second-order valence-corrected chi connectivity index (χ2v) is 10.7. The predicted molar refractivity (Wildman–Crippen MR) is 117 cm³/mol. The molecule has 0 spiro atoms. The highest BCUT2D eigenvalue weighted by Crippen LogP contribution is 2.41. The number of thioether (sulfide) groups is 1. The molecule has 2 fully saturated rings. The first-order chi connectivity index (χ1) is 13.9. The minimum absolute atomic E-state index is 0.0386. The Hall–Kier alpha value is -2.03. The van der Waals surface area contributed by atoms with Crippen LogP contribution in [0.25, 0.3) is 0 Å². The van der Waals surface area contributed by atoms with Crippen LogP contribution >= 0.6 is 23.4 Å². The van der Waals surface area contributed by atoms with Gasteiger partial charge < -0.3 is 9.64 Å². The molecule has 6 nitrogen and oxygen atoms in total. The number of fused-ring (bicyclic) bond motifs is 1. The van der Waals surface area contributed by atoms with Crippen molar-refractivity contribution in [3.63, 3.8) is 0 Å². The largest absolute Gasteiger partial charge is 0.496 e. The molecule has 2 aliphatic rings. The third-order valence-electron chi connectivity index (χ3n) is 4.91. The Morgan fingerprint density at radius 1 is 1.24 bits per heavy atom. The van der Waals surface area contributed by atoms with E-state index in [-0.39, 0.29) is 35.1 Å². The highest BCUT2D eigenvalue weighted by molar-refractivity contribution is 8.16. The number of carbonyl (C=O) groups is 1. The van der Waals surface area contributed by atoms with Gasteiger partial charge in [-0.05, 0) is 24.3 Å². The van der Waals surface area contributed by atoms with Gasteiger partial charge in [0.2, 0.25) is 0 Å². The number of nitrogens with zero attached hydrogens (tertiary/aromatic N) is 2. The van der Waals surface area contributed by atoms with Crippen LogP contribution in [0.15, 0.2) is 53.5 Å². The van der Waals surface area contributed by atoms with Crippen LogP contribution in [0.2, 0.25) is 5.02 Å². The fourth-order valence-corrected chi connectivity index (χ4v) is 7.77. The van der Waals surface area contributed by atoms with E-state index in [4.69, 9.17) is 16.3 Å². The van der Waals surface area contributed by atoms with Crippen LogP contribution in [-0.2, 0) is 21.1 Å². The molecule has 0 bridgehead atoms. The number of hydrogen-bond acceptors (Lipinski definition) is 5. The van der Waals surface area contributed by atoms with Crippen molar-refractivity contribution in [1.82, 2.24) is 0 Å². The Morgan fingerprint density at radius 2 is 2.03 bits per heavy atom. The summed E-state index contributed by atoms with van der Waals surface area (Å²) in [5, 5.41) is 0.894. The first-order valence-corrected chi connectivity index (χ1v) is 12.1. The molecule has 0 saturated carbocycles. The summed E-state index contributed by atoms with van der Waals surface area (Å²) in [5.74, 6) is 0.442. The number of ether oxygens (including phenoxy) is 1. The molecule has 29 heavy (non-hydrogen) atoms. The van der Waals surface area contributed by atoms with Gasteiger partial charge in [-0.3, -0.25) is 4.79 Å². The van der Waals surface area contributed by atoms with Crippen molar-refractivity contribution in [3.05, 3.63) is 59.1 Å². The minimum Gasteiger partial charge on any atom is -0.496 e. The highest BCUT2D eigenvalue weighted by Gasteiger charge is 2.49. The van der Waals surface area contributed by atoms with Crippen molar-refractivity contribution in [3.8, 4) is 5.75 Å².